The summed E-state index contributed by atoms with van der Waals surface area (Å²) in [6.45, 7) is 2.25. The fraction of sp³-hybridized carbons (Fsp3) is 0.308. The van der Waals surface area contributed by atoms with E-state index < -0.39 is 11.7 Å². The Hall–Kier alpha value is -2.18. The average Bonchev–Trinajstić information content (AvgIpc) is 2.88. The van der Waals surface area contributed by atoms with Crippen molar-refractivity contribution in [3.05, 3.63) is 41.9 Å². The topological polar surface area (TPSA) is 47.3 Å². The van der Waals surface area contributed by atoms with Crippen molar-refractivity contribution in [2.75, 3.05) is 11.9 Å². The van der Waals surface area contributed by atoms with Gasteiger partial charge in [-0.15, -0.1) is 0 Å². The van der Waals surface area contributed by atoms with Crippen LogP contribution in [-0.4, -0.2) is 11.5 Å². The molecular formula is C13H13F3N2O2. The number of nitrogens with zero attached hydrogens (tertiary/aromatic N) is 1. The number of aromatic nitrogens is 1. The molecule has 2 aromatic rings. The van der Waals surface area contributed by atoms with Gasteiger partial charge >= 0.3 is 6.18 Å². The largest absolute Gasteiger partial charge is 0.469 e. The van der Waals surface area contributed by atoms with E-state index in [2.05, 4.69) is 10.3 Å². The molecule has 1 N–H and O–H groups in total. The van der Waals surface area contributed by atoms with Gasteiger partial charge in [0.2, 0.25) is 5.88 Å². The number of nitrogens with one attached hydrogen (secondary N) is 1. The summed E-state index contributed by atoms with van der Waals surface area (Å²) in [6.07, 6.45) is -2.99. The second-order valence-corrected chi connectivity index (χ2v) is 3.98. The molecule has 2 heterocycles. The predicted octanol–water partition coefficient (Wildman–Crippen LogP) is 3.70. The maximum atomic E-state index is 12.8. The van der Waals surface area contributed by atoms with Crippen molar-refractivity contribution in [3.8, 4) is 5.88 Å². The zero-order valence-electron chi connectivity index (χ0n) is 10.7. The fourth-order valence-corrected chi connectivity index (χ4v) is 1.55. The zero-order valence-corrected chi connectivity index (χ0v) is 10.7. The number of halogens is 3. The Bertz CT molecular complexity index is 553. The van der Waals surface area contributed by atoms with Crippen LogP contribution in [-0.2, 0) is 12.8 Å². The Balaban J connectivity index is 2.20. The number of hydrogen-bond acceptors (Lipinski definition) is 4. The van der Waals surface area contributed by atoms with Crippen LogP contribution in [0, 0.1) is 0 Å². The monoisotopic (exact) mass is 286 g/mol. The Morgan fingerprint density at radius 2 is 2.15 bits per heavy atom. The van der Waals surface area contributed by atoms with Gasteiger partial charge in [-0.05, 0) is 25.1 Å². The van der Waals surface area contributed by atoms with Gasteiger partial charge in [-0.2, -0.15) is 18.2 Å². The number of alkyl halides is 3. The van der Waals surface area contributed by atoms with E-state index in [1.165, 1.54) is 6.26 Å². The molecule has 0 radical (unpaired) electrons. The van der Waals surface area contributed by atoms with E-state index in [1.807, 2.05) is 0 Å². The molecule has 0 saturated heterocycles. The van der Waals surface area contributed by atoms with Crippen LogP contribution in [0.3, 0.4) is 0 Å². The summed E-state index contributed by atoms with van der Waals surface area (Å²) in [5.74, 6) is 0.526. The van der Waals surface area contributed by atoms with Gasteiger partial charge in [0.05, 0.1) is 11.8 Å². The Kier molecular flexibility index (Phi) is 4.16. The molecule has 7 heteroatoms. The normalized spacial score (nSPS) is 11.4. The molecule has 0 aromatic carbocycles. The van der Waals surface area contributed by atoms with Gasteiger partial charge in [-0.3, -0.25) is 0 Å². The SMILES string of the molecule is CCNc1cc(C(F)(F)F)cc(OCc2ccco2)n1. The van der Waals surface area contributed by atoms with Crippen LogP contribution in [0.5, 0.6) is 5.88 Å². The van der Waals surface area contributed by atoms with Crippen molar-refractivity contribution in [1.82, 2.24) is 4.98 Å². The van der Waals surface area contributed by atoms with Gasteiger partial charge in [0.1, 0.15) is 18.2 Å². The summed E-state index contributed by atoms with van der Waals surface area (Å²) >= 11 is 0. The molecule has 2 aromatic heterocycles. The number of furan rings is 1. The molecule has 0 unspecified atom stereocenters. The van der Waals surface area contributed by atoms with E-state index in [0.717, 1.165) is 12.1 Å². The minimum atomic E-state index is -4.45. The number of anilines is 1. The Morgan fingerprint density at radius 1 is 1.35 bits per heavy atom. The van der Waals surface area contributed by atoms with Crippen molar-refractivity contribution in [2.45, 2.75) is 19.7 Å². The molecule has 20 heavy (non-hydrogen) atoms. The number of rotatable bonds is 5. The Labute approximate surface area is 113 Å². The smallest absolute Gasteiger partial charge is 0.416 e. The van der Waals surface area contributed by atoms with Crippen LogP contribution >= 0.6 is 0 Å². The van der Waals surface area contributed by atoms with Crippen LogP contribution in [0.25, 0.3) is 0 Å². The lowest BCUT2D eigenvalue weighted by Crippen LogP contribution is -2.09. The molecular weight excluding hydrogens is 273 g/mol. The van der Waals surface area contributed by atoms with Gasteiger partial charge in [0, 0.05) is 12.6 Å². The van der Waals surface area contributed by atoms with E-state index in [4.69, 9.17) is 9.15 Å². The van der Waals surface area contributed by atoms with Crippen LogP contribution in [0.15, 0.2) is 34.9 Å². The molecule has 108 valence electrons. The summed E-state index contributed by atoms with van der Waals surface area (Å²) in [4.78, 5) is 3.96. The molecule has 0 aliphatic heterocycles. The minimum absolute atomic E-state index is 0.0207. The minimum Gasteiger partial charge on any atom is -0.469 e. The fourth-order valence-electron chi connectivity index (χ4n) is 1.55. The highest BCUT2D eigenvalue weighted by atomic mass is 19.4. The summed E-state index contributed by atoms with van der Waals surface area (Å²) in [7, 11) is 0. The van der Waals surface area contributed by atoms with Gasteiger partial charge in [-0.25, -0.2) is 0 Å². The lowest BCUT2D eigenvalue weighted by atomic mass is 10.2. The maximum Gasteiger partial charge on any atom is 0.416 e. The Morgan fingerprint density at radius 3 is 2.75 bits per heavy atom. The molecule has 0 spiro atoms. The first-order valence-corrected chi connectivity index (χ1v) is 5.97. The molecule has 0 atom stereocenters. The van der Waals surface area contributed by atoms with Crippen molar-refractivity contribution in [3.63, 3.8) is 0 Å². The van der Waals surface area contributed by atoms with Gasteiger partial charge in [0.25, 0.3) is 0 Å². The third-order valence-corrected chi connectivity index (χ3v) is 2.43. The highest BCUT2D eigenvalue weighted by Crippen LogP contribution is 2.32. The van der Waals surface area contributed by atoms with Gasteiger partial charge < -0.3 is 14.5 Å². The van der Waals surface area contributed by atoms with E-state index in [9.17, 15) is 13.2 Å². The quantitative estimate of drug-likeness (QED) is 0.910. The molecule has 0 bridgehead atoms. The summed E-state index contributed by atoms with van der Waals surface area (Å²) < 4.78 is 48.6. The van der Waals surface area contributed by atoms with Crippen LogP contribution in [0.1, 0.15) is 18.2 Å². The average molecular weight is 286 g/mol. The predicted molar refractivity (Wildman–Crippen MR) is 66.4 cm³/mol. The standard InChI is InChI=1S/C13H13F3N2O2/c1-2-17-11-6-9(13(14,15)16)7-12(18-11)20-8-10-4-3-5-19-10/h3-7H,2,8H2,1H3,(H,17,18). The summed E-state index contributed by atoms with van der Waals surface area (Å²) in [6, 6.07) is 5.15. The van der Waals surface area contributed by atoms with E-state index in [1.54, 1.807) is 19.1 Å². The molecule has 2 rings (SSSR count). The van der Waals surface area contributed by atoms with Gasteiger partial charge in [-0.1, -0.05) is 0 Å². The molecule has 4 nitrogen and oxygen atoms in total. The maximum absolute atomic E-state index is 12.8. The van der Waals surface area contributed by atoms with Crippen LogP contribution in [0.2, 0.25) is 0 Å². The first kappa shape index (κ1) is 14.2. The summed E-state index contributed by atoms with van der Waals surface area (Å²) in [5.41, 5.74) is -0.808. The molecule has 0 amide bonds. The highest BCUT2D eigenvalue weighted by molar-refractivity contribution is 5.42. The molecule has 0 aliphatic rings. The number of ether oxygens (including phenoxy) is 1. The zero-order chi connectivity index (χ0) is 14.6. The third-order valence-electron chi connectivity index (χ3n) is 2.43. The van der Waals surface area contributed by atoms with Crippen molar-refractivity contribution >= 4 is 5.82 Å². The van der Waals surface area contributed by atoms with Crippen LogP contribution < -0.4 is 10.1 Å². The van der Waals surface area contributed by atoms with E-state index in [-0.39, 0.29) is 18.3 Å². The second kappa shape index (κ2) is 5.85. The lowest BCUT2D eigenvalue weighted by Gasteiger charge is -2.12. The van der Waals surface area contributed by atoms with Crippen molar-refractivity contribution < 1.29 is 22.3 Å². The van der Waals surface area contributed by atoms with Crippen molar-refractivity contribution in [1.29, 1.82) is 0 Å². The molecule has 0 fully saturated rings. The lowest BCUT2D eigenvalue weighted by molar-refractivity contribution is -0.137. The van der Waals surface area contributed by atoms with E-state index in [0.29, 0.717) is 12.3 Å². The first-order valence-electron chi connectivity index (χ1n) is 5.97. The molecule has 0 aliphatic carbocycles. The van der Waals surface area contributed by atoms with Crippen LogP contribution in [0.4, 0.5) is 19.0 Å². The highest BCUT2D eigenvalue weighted by Gasteiger charge is 2.32. The number of pyridine rings is 1. The second-order valence-electron chi connectivity index (χ2n) is 3.98. The molecule has 0 saturated carbocycles. The first-order chi connectivity index (χ1) is 9.49. The third kappa shape index (κ3) is 3.66. The number of hydrogen-bond donors (Lipinski definition) is 1. The van der Waals surface area contributed by atoms with Gasteiger partial charge in [0.15, 0.2) is 0 Å². The van der Waals surface area contributed by atoms with E-state index >= 15 is 0 Å². The summed E-state index contributed by atoms with van der Waals surface area (Å²) in [5, 5.41) is 2.74. The van der Waals surface area contributed by atoms with Crippen molar-refractivity contribution in [2.24, 2.45) is 0 Å².